The predicted molar refractivity (Wildman–Crippen MR) is 150 cm³/mol. The molecular weight excluding hydrogens is 511 g/mol. The molecule has 0 bridgehead atoms. The molecule has 9 heteroatoms. The first kappa shape index (κ1) is 28.7. The Kier molecular flexibility index (Phi) is 11.5. The van der Waals surface area contributed by atoms with E-state index in [0.29, 0.717) is 27.8 Å². The van der Waals surface area contributed by atoms with Crippen molar-refractivity contribution in [3.05, 3.63) is 69.7 Å². The molecule has 1 aliphatic heterocycles. The van der Waals surface area contributed by atoms with Gasteiger partial charge in [0.1, 0.15) is 0 Å². The number of anilines is 1. The molecular formula is C28H34Cl2N4O3. The summed E-state index contributed by atoms with van der Waals surface area (Å²) in [6.45, 7) is 5.05. The number of Topliss-reactive ketones (excluding diaryl/α,β-unsaturated/α-hetero) is 1. The number of nitrogens with one attached hydrogen (secondary N) is 3. The molecule has 1 saturated heterocycles. The smallest absolute Gasteiger partial charge is 0.319 e. The Bertz CT molecular complexity index is 1110. The van der Waals surface area contributed by atoms with Gasteiger partial charge in [0.2, 0.25) is 5.91 Å². The lowest BCUT2D eigenvalue weighted by atomic mass is 10.0. The Labute approximate surface area is 228 Å². The van der Waals surface area contributed by atoms with Crippen molar-refractivity contribution >= 4 is 52.7 Å². The van der Waals surface area contributed by atoms with Crippen molar-refractivity contribution in [2.45, 2.75) is 45.1 Å². The third kappa shape index (κ3) is 10.2. The molecule has 0 aliphatic carbocycles. The molecule has 0 radical (unpaired) electrons. The third-order valence-electron chi connectivity index (χ3n) is 6.27. The van der Waals surface area contributed by atoms with E-state index >= 15 is 0 Å². The maximum atomic E-state index is 12.3. The minimum Gasteiger partial charge on any atom is -0.353 e. The van der Waals surface area contributed by atoms with Crippen LogP contribution in [0.4, 0.5) is 10.5 Å². The van der Waals surface area contributed by atoms with Crippen molar-refractivity contribution in [2.75, 3.05) is 31.5 Å². The molecule has 1 aliphatic rings. The number of amides is 3. The van der Waals surface area contributed by atoms with E-state index in [1.165, 1.54) is 13.0 Å². The number of hydrogen-bond donors (Lipinski definition) is 3. The molecule has 1 fully saturated rings. The molecule has 0 aromatic heterocycles. The van der Waals surface area contributed by atoms with Crippen LogP contribution in [0.2, 0.25) is 10.0 Å². The van der Waals surface area contributed by atoms with Gasteiger partial charge in [-0.25, -0.2) is 4.79 Å². The lowest BCUT2D eigenvalue weighted by Gasteiger charge is -2.32. The molecule has 2 aromatic carbocycles. The van der Waals surface area contributed by atoms with Crippen LogP contribution in [0.25, 0.3) is 6.08 Å². The summed E-state index contributed by atoms with van der Waals surface area (Å²) in [6, 6.07) is 12.1. The SMILES string of the molecule is CC(=O)c1cccc(NC(=O)NC2CCN(CCCCCNC(=O)/C=C/c3ccc(Cl)c(Cl)c3)CC2)c1. The van der Waals surface area contributed by atoms with E-state index in [0.717, 1.165) is 57.3 Å². The number of nitrogens with zero attached hydrogens (tertiary/aromatic N) is 1. The summed E-state index contributed by atoms with van der Waals surface area (Å²) in [7, 11) is 0. The Morgan fingerprint density at radius 1 is 1.00 bits per heavy atom. The van der Waals surface area contributed by atoms with Crippen LogP contribution >= 0.6 is 23.2 Å². The average molecular weight is 546 g/mol. The summed E-state index contributed by atoms with van der Waals surface area (Å²) in [5.41, 5.74) is 2.01. The van der Waals surface area contributed by atoms with Gasteiger partial charge < -0.3 is 20.9 Å². The summed E-state index contributed by atoms with van der Waals surface area (Å²) >= 11 is 11.9. The van der Waals surface area contributed by atoms with Gasteiger partial charge in [0.05, 0.1) is 10.0 Å². The van der Waals surface area contributed by atoms with Gasteiger partial charge in [0.25, 0.3) is 0 Å². The number of benzene rings is 2. The number of likely N-dealkylation sites (tertiary alicyclic amines) is 1. The highest BCUT2D eigenvalue weighted by Crippen LogP contribution is 2.23. The monoisotopic (exact) mass is 544 g/mol. The van der Waals surface area contributed by atoms with Gasteiger partial charge in [-0.2, -0.15) is 0 Å². The fraction of sp³-hybridized carbons (Fsp3) is 0.393. The second-order valence-electron chi connectivity index (χ2n) is 9.21. The summed E-state index contributed by atoms with van der Waals surface area (Å²) in [4.78, 5) is 38.3. The molecule has 0 unspecified atom stereocenters. The van der Waals surface area contributed by atoms with Gasteiger partial charge in [-0.1, -0.05) is 47.8 Å². The lowest BCUT2D eigenvalue weighted by Crippen LogP contribution is -2.46. The van der Waals surface area contributed by atoms with E-state index in [2.05, 4.69) is 20.9 Å². The maximum absolute atomic E-state index is 12.3. The Morgan fingerprint density at radius 2 is 1.78 bits per heavy atom. The van der Waals surface area contributed by atoms with E-state index < -0.39 is 0 Å². The van der Waals surface area contributed by atoms with Gasteiger partial charge in [0.15, 0.2) is 5.78 Å². The van der Waals surface area contributed by atoms with Crippen molar-refractivity contribution < 1.29 is 14.4 Å². The Balaban J connectivity index is 1.23. The van der Waals surface area contributed by atoms with Crippen LogP contribution in [0.3, 0.4) is 0 Å². The number of halogens is 2. The number of carbonyl (C=O) groups is 3. The number of urea groups is 1. The standard InChI is InChI=1S/C28H34Cl2N4O3/c1-20(35)22-6-5-7-24(19-22)33-28(37)32-23-12-16-34(17-13-23)15-4-2-3-14-31-27(36)11-9-21-8-10-25(29)26(30)18-21/h5-11,18-19,23H,2-4,12-17H2,1H3,(H,31,36)(H2,32,33,37)/b11-9+. The fourth-order valence-corrected chi connectivity index (χ4v) is 4.47. The molecule has 0 spiro atoms. The van der Waals surface area contributed by atoms with Gasteiger partial charge in [-0.05, 0) is 75.1 Å². The highest BCUT2D eigenvalue weighted by atomic mass is 35.5. The predicted octanol–water partition coefficient (Wildman–Crippen LogP) is 5.78. The first-order valence-electron chi connectivity index (χ1n) is 12.6. The Morgan fingerprint density at radius 3 is 2.51 bits per heavy atom. The van der Waals surface area contributed by atoms with Gasteiger partial charge >= 0.3 is 6.03 Å². The highest BCUT2D eigenvalue weighted by molar-refractivity contribution is 6.42. The number of unbranched alkanes of at least 4 members (excludes halogenated alkanes) is 2. The fourth-order valence-electron chi connectivity index (χ4n) is 4.17. The van der Waals surface area contributed by atoms with E-state index in [4.69, 9.17) is 23.2 Å². The zero-order chi connectivity index (χ0) is 26.6. The van der Waals surface area contributed by atoms with Crippen LogP contribution in [0.5, 0.6) is 0 Å². The van der Waals surface area contributed by atoms with Crippen molar-refractivity contribution in [3.63, 3.8) is 0 Å². The lowest BCUT2D eigenvalue weighted by molar-refractivity contribution is -0.116. The number of carbonyl (C=O) groups excluding carboxylic acids is 3. The molecule has 0 atom stereocenters. The van der Waals surface area contributed by atoms with E-state index in [9.17, 15) is 14.4 Å². The summed E-state index contributed by atoms with van der Waals surface area (Å²) in [5, 5.41) is 9.71. The van der Waals surface area contributed by atoms with E-state index in [1.54, 1.807) is 42.5 Å². The molecule has 198 valence electrons. The Hall–Kier alpha value is -2.87. The second-order valence-corrected chi connectivity index (χ2v) is 10.0. The topological polar surface area (TPSA) is 90.5 Å². The molecule has 0 saturated carbocycles. The summed E-state index contributed by atoms with van der Waals surface area (Å²) in [5.74, 6) is -0.161. The highest BCUT2D eigenvalue weighted by Gasteiger charge is 2.20. The van der Waals surface area contributed by atoms with Gasteiger partial charge in [-0.15, -0.1) is 0 Å². The quantitative estimate of drug-likeness (QED) is 0.190. The molecule has 2 aromatic rings. The van der Waals surface area contributed by atoms with Crippen LogP contribution in [-0.2, 0) is 4.79 Å². The molecule has 3 N–H and O–H groups in total. The molecule has 7 nitrogen and oxygen atoms in total. The molecule has 3 rings (SSSR count). The largest absolute Gasteiger partial charge is 0.353 e. The molecule has 3 amide bonds. The first-order valence-corrected chi connectivity index (χ1v) is 13.4. The number of hydrogen-bond acceptors (Lipinski definition) is 4. The number of ketones is 1. The molecule has 1 heterocycles. The molecule has 37 heavy (non-hydrogen) atoms. The number of piperidine rings is 1. The van der Waals surface area contributed by atoms with Crippen molar-refractivity contribution in [1.29, 1.82) is 0 Å². The minimum atomic E-state index is -0.243. The van der Waals surface area contributed by atoms with Crippen molar-refractivity contribution in [1.82, 2.24) is 15.5 Å². The zero-order valence-corrected chi connectivity index (χ0v) is 22.6. The van der Waals surface area contributed by atoms with Crippen molar-refractivity contribution in [2.24, 2.45) is 0 Å². The van der Waals surface area contributed by atoms with Gasteiger partial charge in [0, 0.05) is 43.0 Å². The van der Waals surface area contributed by atoms with Crippen LogP contribution < -0.4 is 16.0 Å². The van der Waals surface area contributed by atoms with Crippen LogP contribution in [0.1, 0.15) is 54.9 Å². The third-order valence-corrected chi connectivity index (χ3v) is 7.01. The summed E-state index contributed by atoms with van der Waals surface area (Å²) < 4.78 is 0. The van der Waals surface area contributed by atoms with Crippen molar-refractivity contribution in [3.8, 4) is 0 Å². The van der Waals surface area contributed by atoms with E-state index in [-0.39, 0.29) is 23.8 Å². The average Bonchev–Trinajstić information content (AvgIpc) is 2.88. The second kappa shape index (κ2) is 14.8. The van der Waals surface area contributed by atoms with Crippen LogP contribution in [0.15, 0.2) is 48.5 Å². The van der Waals surface area contributed by atoms with Crippen LogP contribution in [0, 0.1) is 0 Å². The normalized spacial score (nSPS) is 14.5. The minimum absolute atomic E-state index is 0.0327. The summed E-state index contributed by atoms with van der Waals surface area (Å²) in [6.07, 6.45) is 8.06. The van der Waals surface area contributed by atoms with Crippen LogP contribution in [-0.4, -0.2) is 54.8 Å². The zero-order valence-electron chi connectivity index (χ0n) is 21.1. The van der Waals surface area contributed by atoms with Gasteiger partial charge in [-0.3, -0.25) is 9.59 Å². The van der Waals surface area contributed by atoms with E-state index in [1.807, 2.05) is 6.07 Å². The maximum Gasteiger partial charge on any atom is 0.319 e. The first-order chi connectivity index (χ1) is 17.8. The number of rotatable bonds is 11.